The third-order valence-electron chi connectivity index (χ3n) is 9.28. The van der Waals surface area contributed by atoms with Crippen LogP contribution in [0.15, 0.2) is 144 Å². The second kappa shape index (κ2) is 9.46. The Balaban J connectivity index is 1.14. The van der Waals surface area contributed by atoms with Gasteiger partial charge in [-0.05, 0) is 57.6 Å². The average molecular weight is 593 g/mol. The van der Waals surface area contributed by atoms with E-state index in [2.05, 4.69) is 121 Å². The maximum Gasteiger partial charge on any atom is 0.180 e. The molecule has 0 bridgehead atoms. The second-order valence-electron chi connectivity index (χ2n) is 11.7. The summed E-state index contributed by atoms with van der Waals surface area (Å²) in [7, 11) is 0. The minimum absolute atomic E-state index is 0.132. The van der Waals surface area contributed by atoms with Crippen molar-refractivity contribution in [2.24, 2.45) is 0 Å². The molecule has 0 N–H and O–H groups in total. The van der Waals surface area contributed by atoms with Crippen molar-refractivity contribution in [2.45, 2.75) is 5.92 Å². The molecular weight excluding hydrogens is 569 g/mol. The standard InChI is InChI=1S/C41H24N2OS/c1-2-9-24(10-3-1)25-17-20-34-33(22-25)39-40(44-34)38(42-23-43-39)27-12-8-11-26(21-27)36-29-14-4-5-15-30(29)37-32(36)19-18-31-28-13-6-7-16-35(28)45-41(31)37/h1-23,36H. The van der Waals surface area contributed by atoms with Gasteiger partial charge in [0.2, 0.25) is 0 Å². The highest BCUT2D eigenvalue weighted by Gasteiger charge is 2.32. The highest BCUT2D eigenvalue weighted by molar-refractivity contribution is 7.26. The van der Waals surface area contributed by atoms with Gasteiger partial charge in [0.25, 0.3) is 0 Å². The van der Waals surface area contributed by atoms with E-state index < -0.39 is 0 Å². The maximum absolute atomic E-state index is 6.46. The quantitative estimate of drug-likeness (QED) is 0.205. The van der Waals surface area contributed by atoms with Crippen molar-refractivity contribution in [2.75, 3.05) is 0 Å². The number of hydrogen-bond acceptors (Lipinski definition) is 4. The Hall–Kier alpha value is -5.58. The largest absolute Gasteiger partial charge is 0.452 e. The topological polar surface area (TPSA) is 38.9 Å². The number of thiophene rings is 1. The lowest BCUT2D eigenvalue weighted by atomic mass is 9.88. The third-order valence-corrected chi connectivity index (χ3v) is 10.5. The Labute approximate surface area is 263 Å². The van der Waals surface area contributed by atoms with Crippen LogP contribution in [0.4, 0.5) is 0 Å². The molecule has 0 saturated carbocycles. The summed E-state index contributed by atoms with van der Waals surface area (Å²) < 4.78 is 9.16. The monoisotopic (exact) mass is 592 g/mol. The first-order valence-corrected chi connectivity index (χ1v) is 16.0. The van der Waals surface area contributed by atoms with Crippen LogP contribution in [0.3, 0.4) is 0 Å². The van der Waals surface area contributed by atoms with E-state index in [1.807, 2.05) is 23.5 Å². The molecule has 3 nitrogen and oxygen atoms in total. The lowest BCUT2D eigenvalue weighted by Gasteiger charge is -2.15. The van der Waals surface area contributed by atoms with Gasteiger partial charge >= 0.3 is 0 Å². The minimum atomic E-state index is 0.132. The molecule has 1 atom stereocenters. The summed E-state index contributed by atoms with van der Waals surface area (Å²) in [6.07, 6.45) is 1.66. The molecule has 0 fully saturated rings. The number of furan rings is 1. The molecule has 0 aliphatic heterocycles. The van der Waals surface area contributed by atoms with Crippen molar-refractivity contribution in [3.8, 4) is 33.5 Å². The van der Waals surface area contributed by atoms with Crippen LogP contribution in [-0.4, -0.2) is 9.97 Å². The van der Waals surface area contributed by atoms with Gasteiger partial charge in [0.1, 0.15) is 23.1 Å². The Morgan fingerprint density at radius 3 is 2.38 bits per heavy atom. The molecule has 1 aliphatic rings. The predicted octanol–water partition coefficient (Wildman–Crippen LogP) is 11.2. The number of nitrogens with zero attached hydrogens (tertiary/aromatic N) is 2. The van der Waals surface area contributed by atoms with Gasteiger partial charge < -0.3 is 4.42 Å². The van der Waals surface area contributed by atoms with Crippen molar-refractivity contribution < 1.29 is 4.42 Å². The molecule has 45 heavy (non-hydrogen) atoms. The normalized spacial score (nSPS) is 14.0. The summed E-state index contributed by atoms with van der Waals surface area (Å²) in [4.78, 5) is 9.46. The summed E-state index contributed by atoms with van der Waals surface area (Å²) in [5.74, 6) is 0.132. The fraction of sp³-hybridized carbons (Fsp3) is 0.0244. The molecule has 1 aliphatic carbocycles. The van der Waals surface area contributed by atoms with Crippen LogP contribution in [0.2, 0.25) is 0 Å². The molecule has 3 heterocycles. The summed E-state index contributed by atoms with van der Waals surface area (Å²) in [6, 6.07) is 47.9. The predicted molar refractivity (Wildman–Crippen MR) is 186 cm³/mol. The van der Waals surface area contributed by atoms with E-state index in [4.69, 9.17) is 14.4 Å². The van der Waals surface area contributed by atoms with Crippen LogP contribution in [0.1, 0.15) is 22.6 Å². The number of rotatable bonds is 3. The molecule has 1 unspecified atom stereocenters. The lowest BCUT2D eigenvalue weighted by Crippen LogP contribution is -1.99. The van der Waals surface area contributed by atoms with Crippen LogP contribution in [-0.2, 0) is 0 Å². The van der Waals surface area contributed by atoms with Gasteiger partial charge in [-0.2, -0.15) is 0 Å². The molecule has 3 aromatic heterocycles. The summed E-state index contributed by atoms with van der Waals surface area (Å²) >= 11 is 1.90. The van der Waals surface area contributed by atoms with Gasteiger partial charge in [0.05, 0.1) is 0 Å². The molecule has 9 aromatic rings. The van der Waals surface area contributed by atoms with E-state index in [1.54, 1.807) is 6.33 Å². The van der Waals surface area contributed by atoms with Crippen LogP contribution in [0, 0.1) is 0 Å². The van der Waals surface area contributed by atoms with Crippen LogP contribution in [0.5, 0.6) is 0 Å². The van der Waals surface area contributed by atoms with Crippen molar-refractivity contribution in [3.05, 3.63) is 156 Å². The zero-order valence-electron chi connectivity index (χ0n) is 24.1. The summed E-state index contributed by atoms with van der Waals surface area (Å²) in [5, 5.41) is 3.66. The fourth-order valence-electron chi connectivity index (χ4n) is 7.28. The molecule has 210 valence electrons. The zero-order valence-corrected chi connectivity index (χ0v) is 24.9. The highest BCUT2D eigenvalue weighted by atomic mass is 32.1. The smallest absolute Gasteiger partial charge is 0.180 e. The Kier molecular flexibility index (Phi) is 5.22. The van der Waals surface area contributed by atoms with Gasteiger partial charge in [-0.3, -0.25) is 0 Å². The van der Waals surface area contributed by atoms with E-state index in [-0.39, 0.29) is 5.92 Å². The summed E-state index contributed by atoms with van der Waals surface area (Å²) in [5.41, 5.74) is 13.2. The van der Waals surface area contributed by atoms with E-state index in [0.717, 1.165) is 33.3 Å². The number of aromatic nitrogens is 2. The van der Waals surface area contributed by atoms with Gasteiger partial charge in [-0.15, -0.1) is 11.3 Å². The molecule has 0 radical (unpaired) electrons. The van der Waals surface area contributed by atoms with E-state index in [0.29, 0.717) is 5.58 Å². The third kappa shape index (κ3) is 3.63. The molecule has 6 aromatic carbocycles. The first-order valence-electron chi connectivity index (χ1n) is 15.2. The van der Waals surface area contributed by atoms with Crippen molar-refractivity contribution in [3.63, 3.8) is 0 Å². The van der Waals surface area contributed by atoms with Gasteiger partial charge in [-0.25, -0.2) is 9.97 Å². The minimum Gasteiger partial charge on any atom is -0.452 e. The van der Waals surface area contributed by atoms with Crippen LogP contribution in [0.25, 0.3) is 75.8 Å². The Bertz CT molecular complexity index is 2610. The average Bonchev–Trinajstić information content (AvgIpc) is 3.78. The lowest BCUT2D eigenvalue weighted by molar-refractivity contribution is 0.667. The molecule has 0 spiro atoms. The van der Waals surface area contributed by atoms with Crippen LogP contribution >= 0.6 is 11.3 Å². The highest BCUT2D eigenvalue weighted by Crippen LogP contribution is 2.53. The summed E-state index contributed by atoms with van der Waals surface area (Å²) in [6.45, 7) is 0. The maximum atomic E-state index is 6.46. The van der Waals surface area contributed by atoms with Gasteiger partial charge in [-0.1, -0.05) is 109 Å². The van der Waals surface area contributed by atoms with Crippen molar-refractivity contribution in [1.82, 2.24) is 9.97 Å². The van der Waals surface area contributed by atoms with Crippen molar-refractivity contribution >= 4 is 53.6 Å². The molecule has 0 amide bonds. The van der Waals surface area contributed by atoms with E-state index in [1.165, 1.54) is 53.6 Å². The van der Waals surface area contributed by atoms with E-state index >= 15 is 0 Å². The molecule has 0 saturated heterocycles. The zero-order chi connectivity index (χ0) is 29.5. The van der Waals surface area contributed by atoms with Crippen LogP contribution < -0.4 is 0 Å². The SMILES string of the molecule is c1ccc(-c2ccc3oc4c(-c5cccc(C6c7ccccc7-c7c6ccc6c7sc7ccccc76)c5)ncnc4c3c2)cc1. The molecule has 10 rings (SSSR count). The Morgan fingerprint density at radius 2 is 1.42 bits per heavy atom. The van der Waals surface area contributed by atoms with E-state index in [9.17, 15) is 0 Å². The van der Waals surface area contributed by atoms with Gasteiger partial charge in [0.15, 0.2) is 5.58 Å². The first-order chi connectivity index (χ1) is 22.3. The first kappa shape index (κ1) is 24.8. The Morgan fingerprint density at radius 1 is 0.578 bits per heavy atom. The molecular formula is C41H24N2OS. The number of benzene rings is 6. The number of fused-ring (bicyclic) bond motifs is 10. The molecule has 4 heteroatoms. The second-order valence-corrected chi connectivity index (χ2v) is 12.8. The number of hydrogen-bond donors (Lipinski definition) is 0. The fourth-order valence-corrected chi connectivity index (χ4v) is 8.56. The van der Waals surface area contributed by atoms with Gasteiger partial charge in [0, 0.05) is 42.6 Å². The van der Waals surface area contributed by atoms with Crippen molar-refractivity contribution in [1.29, 1.82) is 0 Å².